The average Bonchev–Trinajstić information content (AvgIpc) is 2.78. The van der Waals surface area contributed by atoms with Crippen LogP contribution >= 0.6 is 15.9 Å². The number of aromatic nitrogens is 2. The van der Waals surface area contributed by atoms with E-state index in [9.17, 15) is 5.11 Å². The number of hydrogen-bond acceptors (Lipinski definition) is 5. The second kappa shape index (κ2) is 5.76. The minimum absolute atomic E-state index is 0.0502. The van der Waals surface area contributed by atoms with Gasteiger partial charge in [-0.15, -0.1) is 0 Å². The lowest BCUT2D eigenvalue weighted by Crippen LogP contribution is -2.09. The summed E-state index contributed by atoms with van der Waals surface area (Å²) in [6.07, 6.45) is -0.533. The van der Waals surface area contributed by atoms with Crippen LogP contribution in [0.15, 0.2) is 33.3 Å². The van der Waals surface area contributed by atoms with Crippen LogP contribution in [0.4, 0.5) is 0 Å². The summed E-state index contributed by atoms with van der Waals surface area (Å²) in [5.41, 5.74) is 0.828. The minimum Gasteiger partial charge on any atom is -0.392 e. The van der Waals surface area contributed by atoms with Crippen molar-refractivity contribution in [2.75, 3.05) is 0 Å². The van der Waals surface area contributed by atoms with E-state index in [0.717, 1.165) is 10.0 Å². The number of rotatable bonds is 4. The highest BCUT2D eigenvalue weighted by atomic mass is 79.9. The van der Waals surface area contributed by atoms with Crippen LogP contribution in [0.2, 0.25) is 0 Å². The predicted molar refractivity (Wildman–Crippen MR) is 67.4 cm³/mol. The van der Waals surface area contributed by atoms with Crippen molar-refractivity contribution >= 4 is 15.9 Å². The second-order valence-electron chi connectivity index (χ2n) is 3.74. The summed E-state index contributed by atoms with van der Waals surface area (Å²) in [4.78, 5) is 4.18. The Morgan fingerprint density at radius 1 is 1.50 bits per heavy atom. The third-order valence-corrected chi connectivity index (χ3v) is 2.78. The van der Waals surface area contributed by atoms with Gasteiger partial charge in [0, 0.05) is 10.0 Å². The number of nitrogens with zero attached hydrogens (tertiary/aromatic N) is 3. The van der Waals surface area contributed by atoms with Gasteiger partial charge in [0.25, 0.3) is 0 Å². The van der Waals surface area contributed by atoms with Crippen LogP contribution in [-0.4, -0.2) is 21.4 Å². The Labute approximate surface area is 112 Å². The summed E-state index contributed by atoms with van der Waals surface area (Å²) in [5.74, 6) is 0.795. The first-order chi connectivity index (χ1) is 8.69. The molecule has 1 aromatic heterocycles. The molecule has 0 radical (unpaired) electrons. The minimum atomic E-state index is -0.772. The Morgan fingerprint density at radius 2 is 2.33 bits per heavy atom. The van der Waals surface area contributed by atoms with Gasteiger partial charge in [0.1, 0.15) is 0 Å². The van der Waals surface area contributed by atoms with E-state index in [1.807, 2.05) is 30.3 Å². The lowest BCUT2D eigenvalue weighted by molar-refractivity contribution is 0.167. The molecule has 0 aliphatic heterocycles. The quantitative estimate of drug-likeness (QED) is 0.937. The summed E-state index contributed by atoms with van der Waals surface area (Å²) in [5, 5.41) is 21.8. The van der Waals surface area contributed by atoms with Gasteiger partial charge in [-0.05, 0) is 12.1 Å². The summed E-state index contributed by atoms with van der Waals surface area (Å²) in [6.45, 7) is 0. The standard InChI is InChI=1S/C12H10BrN3O2/c13-9-3-1-2-8(6-9)12-15-11(18-16-12)7-10(17)4-5-14/h1-3,6,10,17H,4,7H2. The molecule has 18 heavy (non-hydrogen) atoms. The SMILES string of the molecule is N#CCC(O)Cc1nc(-c2cccc(Br)c2)no1. The van der Waals surface area contributed by atoms with Crippen molar-refractivity contribution in [3.63, 3.8) is 0 Å². The topological polar surface area (TPSA) is 82.9 Å². The molecule has 92 valence electrons. The Balaban J connectivity index is 2.13. The lowest BCUT2D eigenvalue weighted by atomic mass is 10.2. The van der Waals surface area contributed by atoms with Crippen LogP contribution in [0.25, 0.3) is 11.4 Å². The summed E-state index contributed by atoms with van der Waals surface area (Å²) < 4.78 is 5.96. The molecule has 0 bridgehead atoms. The van der Waals surface area contributed by atoms with Crippen LogP contribution in [0.3, 0.4) is 0 Å². The molecule has 0 saturated heterocycles. The fourth-order valence-corrected chi connectivity index (χ4v) is 1.86. The molecule has 1 atom stereocenters. The number of aliphatic hydroxyl groups is 1. The lowest BCUT2D eigenvalue weighted by Gasteiger charge is -1.99. The number of benzene rings is 1. The van der Waals surface area contributed by atoms with Gasteiger partial charge in [0.2, 0.25) is 11.7 Å². The van der Waals surface area contributed by atoms with Crippen molar-refractivity contribution in [3.05, 3.63) is 34.6 Å². The molecule has 1 aromatic carbocycles. The molecule has 5 nitrogen and oxygen atoms in total. The fraction of sp³-hybridized carbons (Fsp3) is 0.250. The molecule has 1 unspecified atom stereocenters. The van der Waals surface area contributed by atoms with Crippen molar-refractivity contribution in [2.45, 2.75) is 18.9 Å². The van der Waals surface area contributed by atoms with Gasteiger partial charge in [-0.3, -0.25) is 0 Å². The predicted octanol–water partition coefficient (Wildman–Crippen LogP) is 2.32. The zero-order valence-corrected chi connectivity index (χ0v) is 11.0. The van der Waals surface area contributed by atoms with Crippen LogP contribution in [0.5, 0.6) is 0 Å². The highest BCUT2D eigenvalue weighted by Gasteiger charge is 2.13. The van der Waals surface area contributed by atoms with Gasteiger partial charge < -0.3 is 9.63 Å². The van der Waals surface area contributed by atoms with E-state index in [2.05, 4.69) is 26.1 Å². The largest absolute Gasteiger partial charge is 0.392 e. The number of halogens is 1. The maximum atomic E-state index is 9.47. The maximum absolute atomic E-state index is 9.47. The number of hydrogen-bond donors (Lipinski definition) is 1. The molecule has 0 saturated carbocycles. The third kappa shape index (κ3) is 3.15. The van der Waals surface area contributed by atoms with Crippen molar-refractivity contribution in [2.24, 2.45) is 0 Å². The molecule has 2 rings (SSSR count). The molecule has 0 spiro atoms. The Bertz CT molecular complexity index is 577. The summed E-state index contributed by atoms with van der Waals surface area (Å²) in [6, 6.07) is 9.41. The van der Waals surface area contributed by atoms with Gasteiger partial charge >= 0.3 is 0 Å². The van der Waals surface area contributed by atoms with Crippen LogP contribution in [-0.2, 0) is 6.42 Å². The zero-order valence-electron chi connectivity index (χ0n) is 9.38. The molecular weight excluding hydrogens is 298 g/mol. The van der Waals surface area contributed by atoms with Crippen LogP contribution in [0, 0.1) is 11.3 Å². The van der Waals surface area contributed by atoms with E-state index in [1.54, 1.807) is 0 Å². The molecule has 0 aliphatic carbocycles. The molecule has 0 fully saturated rings. The van der Waals surface area contributed by atoms with E-state index in [-0.39, 0.29) is 12.8 Å². The van der Waals surface area contributed by atoms with Gasteiger partial charge in [-0.1, -0.05) is 33.2 Å². The maximum Gasteiger partial charge on any atom is 0.229 e. The molecule has 2 aromatic rings. The zero-order chi connectivity index (χ0) is 13.0. The average molecular weight is 308 g/mol. The first-order valence-electron chi connectivity index (χ1n) is 5.32. The number of aliphatic hydroxyl groups excluding tert-OH is 1. The Morgan fingerprint density at radius 3 is 3.06 bits per heavy atom. The third-order valence-electron chi connectivity index (χ3n) is 2.29. The second-order valence-corrected chi connectivity index (χ2v) is 4.66. The van der Waals surface area contributed by atoms with Gasteiger partial charge in [0.15, 0.2) is 0 Å². The fourth-order valence-electron chi connectivity index (χ4n) is 1.46. The Hall–Kier alpha value is -1.71. The van der Waals surface area contributed by atoms with Crippen molar-refractivity contribution in [1.29, 1.82) is 5.26 Å². The molecule has 1 heterocycles. The van der Waals surface area contributed by atoms with E-state index in [0.29, 0.717) is 11.7 Å². The Kier molecular flexibility index (Phi) is 4.07. The first-order valence-corrected chi connectivity index (χ1v) is 6.12. The van der Waals surface area contributed by atoms with E-state index in [1.165, 1.54) is 0 Å². The van der Waals surface area contributed by atoms with Gasteiger partial charge in [-0.25, -0.2) is 0 Å². The molecule has 1 N–H and O–H groups in total. The summed E-state index contributed by atoms with van der Waals surface area (Å²) in [7, 11) is 0. The van der Waals surface area contributed by atoms with E-state index >= 15 is 0 Å². The smallest absolute Gasteiger partial charge is 0.229 e. The van der Waals surface area contributed by atoms with Crippen molar-refractivity contribution in [3.8, 4) is 17.5 Å². The molecule has 0 aliphatic rings. The molecule has 0 amide bonds. The highest BCUT2D eigenvalue weighted by Crippen LogP contribution is 2.20. The van der Waals surface area contributed by atoms with Crippen LogP contribution < -0.4 is 0 Å². The molecular formula is C12H10BrN3O2. The van der Waals surface area contributed by atoms with E-state index in [4.69, 9.17) is 9.78 Å². The van der Waals surface area contributed by atoms with Crippen molar-refractivity contribution in [1.82, 2.24) is 10.1 Å². The van der Waals surface area contributed by atoms with Gasteiger partial charge in [-0.2, -0.15) is 10.2 Å². The summed E-state index contributed by atoms with van der Waals surface area (Å²) >= 11 is 3.36. The highest BCUT2D eigenvalue weighted by molar-refractivity contribution is 9.10. The monoisotopic (exact) mass is 307 g/mol. The molecule has 6 heteroatoms. The van der Waals surface area contributed by atoms with Crippen molar-refractivity contribution < 1.29 is 9.63 Å². The number of nitriles is 1. The normalized spacial score (nSPS) is 12.1. The van der Waals surface area contributed by atoms with Gasteiger partial charge in [0.05, 0.1) is 25.0 Å². The van der Waals surface area contributed by atoms with E-state index < -0.39 is 6.10 Å². The van der Waals surface area contributed by atoms with Crippen LogP contribution in [0.1, 0.15) is 12.3 Å². The first kappa shape index (κ1) is 12.7.